The Morgan fingerprint density at radius 1 is 1.06 bits per heavy atom. The molecule has 1 aromatic heterocycles. The molecule has 36 heavy (non-hydrogen) atoms. The van der Waals surface area contributed by atoms with Gasteiger partial charge in [0.05, 0.1) is 13.5 Å². The SMILES string of the molecule is COC(=O)CC(NC(=O)Cn1ccc2ccc(Cl)cc2c1=O)C(=O)COc1c(F)c(F)cc(F)c1F. The normalized spacial score (nSPS) is 11.7. The summed E-state index contributed by atoms with van der Waals surface area (Å²) in [6.45, 7) is -1.72. The van der Waals surface area contributed by atoms with Crippen LogP contribution in [-0.2, 0) is 25.7 Å². The highest BCUT2D eigenvalue weighted by Gasteiger charge is 2.27. The van der Waals surface area contributed by atoms with Crippen molar-refractivity contribution in [1.29, 1.82) is 0 Å². The van der Waals surface area contributed by atoms with E-state index in [-0.39, 0.29) is 11.5 Å². The second kappa shape index (κ2) is 11.2. The van der Waals surface area contributed by atoms with E-state index in [4.69, 9.17) is 11.6 Å². The maximum atomic E-state index is 13.8. The summed E-state index contributed by atoms with van der Waals surface area (Å²) < 4.78 is 64.4. The minimum Gasteiger partial charge on any atom is -0.479 e. The van der Waals surface area contributed by atoms with Crippen molar-refractivity contribution in [3.8, 4) is 5.75 Å². The molecule has 0 fully saturated rings. The summed E-state index contributed by atoms with van der Waals surface area (Å²) >= 11 is 5.92. The van der Waals surface area contributed by atoms with Gasteiger partial charge in [0.2, 0.25) is 17.5 Å². The number of amides is 1. The lowest BCUT2D eigenvalue weighted by atomic mass is 10.1. The van der Waals surface area contributed by atoms with E-state index >= 15 is 0 Å². The van der Waals surface area contributed by atoms with Crippen molar-refractivity contribution in [3.05, 3.63) is 75.2 Å². The van der Waals surface area contributed by atoms with Gasteiger partial charge in [-0.05, 0) is 23.6 Å². The molecule has 0 aliphatic rings. The number of hydrogen-bond donors (Lipinski definition) is 1. The summed E-state index contributed by atoms with van der Waals surface area (Å²) in [6.07, 6.45) is 0.636. The average molecular weight is 529 g/mol. The number of nitrogens with zero attached hydrogens (tertiary/aromatic N) is 1. The van der Waals surface area contributed by atoms with E-state index in [1.54, 1.807) is 18.2 Å². The third-order valence-corrected chi connectivity index (χ3v) is 5.24. The molecule has 2 aromatic carbocycles. The molecule has 190 valence electrons. The van der Waals surface area contributed by atoms with Gasteiger partial charge in [-0.1, -0.05) is 17.7 Å². The number of methoxy groups -OCH3 is 1. The first kappa shape index (κ1) is 26.7. The minimum atomic E-state index is -1.87. The standard InChI is InChI=1S/C23H17ClF4N2O6/c1-35-19(33)8-16(17(31)10-36-22-20(27)14(25)7-15(26)21(22)28)29-18(32)9-30-5-4-11-2-3-12(24)6-13(11)23(30)34/h2-7,16H,8-10H2,1H3,(H,29,32). The number of hydrogen-bond acceptors (Lipinski definition) is 6. The van der Waals surface area contributed by atoms with Gasteiger partial charge in [0.25, 0.3) is 5.56 Å². The molecule has 13 heteroatoms. The molecule has 0 spiro atoms. The first-order valence-corrected chi connectivity index (χ1v) is 10.5. The molecule has 0 saturated carbocycles. The van der Waals surface area contributed by atoms with Gasteiger partial charge < -0.3 is 19.4 Å². The van der Waals surface area contributed by atoms with Crippen LogP contribution in [0.25, 0.3) is 10.8 Å². The maximum Gasteiger partial charge on any atom is 0.308 e. The first-order chi connectivity index (χ1) is 17.0. The topological polar surface area (TPSA) is 104 Å². The number of Topliss-reactive ketones (excluding diaryl/α,β-unsaturated/α-hetero) is 1. The Bertz CT molecular complexity index is 1390. The van der Waals surface area contributed by atoms with Crippen molar-refractivity contribution in [2.75, 3.05) is 13.7 Å². The van der Waals surface area contributed by atoms with E-state index in [9.17, 15) is 36.7 Å². The number of halogens is 5. The molecule has 3 rings (SSSR count). The molecule has 0 aliphatic heterocycles. The van der Waals surface area contributed by atoms with E-state index in [0.29, 0.717) is 10.4 Å². The smallest absolute Gasteiger partial charge is 0.308 e. The van der Waals surface area contributed by atoms with E-state index < -0.39 is 77.9 Å². The predicted molar refractivity (Wildman–Crippen MR) is 119 cm³/mol. The van der Waals surface area contributed by atoms with Crippen LogP contribution in [0.15, 0.2) is 41.3 Å². The lowest BCUT2D eigenvalue weighted by Crippen LogP contribution is -2.46. The molecule has 1 unspecified atom stereocenters. The number of aromatic nitrogens is 1. The molecule has 3 aromatic rings. The molecule has 1 atom stereocenters. The minimum absolute atomic E-state index is 0.0394. The van der Waals surface area contributed by atoms with E-state index in [1.807, 2.05) is 0 Å². The monoisotopic (exact) mass is 528 g/mol. The lowest BCUT2D eigenvalue weighted by molar-refractivity contribution is -0.143. The Balaban J connectivity index is 1.76. The number of fused-ring (bicyclic) bond motifs is 1. The van der Waals surface area contributed by atoms with Crippen molar-refractivity contribution in [1.82, 2.24) is 9.88 Å². The molecule has 0 aliphatic carbocycles. The molecule has 1 N–H and O–H groups in total. The van der Waals surface area contributed by atoms with Gasteiger partial charge in [-0.25, -0.2) is 8.78 Å². The number of carbonyl (C=O) groups is 3. The van der Waals surface area contributed by atoms with Gasteiger partial charge in [-0.2, -0.15) is 8.78 Å². The second-order valence-corrected chi connectivity index (χ2v) is 7.87. The first-order valence-electron chi connectivity index (χ1n) is 10.1. The van der Waals surface area contributed by atoms with Crippen LogP contribution in [0.5, 0.6) is 5.75 Å². The van der Waals surface area contributed by atoms with E-state index in [1.165, 1.54) is 12.3 Å². The van der Waals surface area contributed by atoms with Gasteiger partial charge in [0.1, 0.15) is 19.2 Å². The lowest BCUT2D eigenvalue weighted by Gasteiger charge is -2.18. The largest absolute Gasteiger partial charge is 0.479 e. The number of esters is 1. The number of rotatable bonds is 9. The summed E-state index contributed by atoms with van der Waals surface area (Å²) in [4.78, 5) is 49.5. The molecule has 1 amide bonds. The van der Waals surface area contributed by atoms with Crippen LogP contribution in [-0.4, -0.2) is 42.0 Å². The van der Waals surface area contributed by atoms with Crippen LogP contribution in [0.2, 0.25) is 5.02 Å². The van der Waals surface area contributed by atoms with Crippen LogP contribution in [0.4, 0.5) is 17.6 Å². The Hall–Kier alpha value is -3.93. The Kier molecular flexibility index (Phi) is 8.30. The molecule has 0 radical (unpaired) electrons. The molecular formula is C23H17ClF4N2O6. The molecule has 0 saturated heterocycles. The Morgan fingerprint density at radius 2 is 1.72 bits per heavy atom. The third kappa shape index (κ3) is 6.00. The summed E-state index contributed by atoms with van der Waals surface area (Å²) in [6, 6.07) is 4.53. The van der Waals surface area contributed by atoms with Gasteiger partial charge in [0, 0.05) is 22.7 Å². The number of pyridine rings is 1. The zero-order valence-electron chi connectivity index (χ0n) is 18.4. The number of ketones is 1. The highest BCUT2D eigenvalue weighted by atomic mass is 35.5. The van der Waals surface area contributed by atoms with Crippen molar-refractivity contribution in [2.24, 2.45) is 0 Å². The number of ether oxygens (including phenoxy) is 2. The zero-order valence-corrected chi connectivity index (χ0v) is 19.2. The Morgan fingerprint density at radius 3 is 2.36 bits per heavy atom. The fraction of sp³-hybridized carbons (Fsp3) is 0.217. The third-order valence-electron chi connectivity index (χ3n) is 5.01. The van der Waals surface area contributed by atoms with Gasteiger partial charge in [-0.3, -0.25) is 19.2 Å². The maximum absolute atomic E-state index is 13.8. The van der Waals surface area contributed by atoms with Crippen LogP contribution in [0.1, 0.15) is 6.42 Å². The molecule has 8 nitrogen and oxygen atoms in total. The van der Waals surface area contributed by atoms with Crippen LogP contribution < -0.4 is 15.6 Å². The predicted octanol–water partition coefficient (Wildman–Crippen LogP) is 2.91. The van der Waals surface area contributed by atoms with Crippen molar-refractivity contribution < 1.29 is 41.4 Å². The van der Waals surface area contributed by atoms with Crippen LogP contribution in [0.3, 0.4) is 0 Å². The van der Waals surface area contributed by atoms with Gasteiger partial charge in [-0.15, -0.1) is 0 Å². The van der Waals surface area contributed by atoms with E-state index in [0.717, 1.165) is 11.7 Å². The van der Waals surface area contributed by atoms with Crippen LogP contribution >= 0.6 is 11.6 Å². The summed E-state index contributed by atoms with van der Waals surface area (Å²) in [5.41, 5.74) is -0.552. The fourth-order valence-corrected chi connectivity index (χ4v) is 3.36. The number of nitrogens with one attached hydrogen (secondary N) is 1. The molecular weight excluding hydrogens is 512 g/mol. The number of benzene rings is 2. The zero-order chi connectivity index (χ0) is 26.6. The summed E-state index contributed by atoms with van der Waals surface area (Å²) in [7, 11) is 1.02. The highest BCUT2D eigenvalue weighted by Crippen LogP contribution is 2.26. The molecule has 1 heterocycles. The fourth-order valence-electron chi connectivity index (χ4n) is 3.19. The van der Waals surface area contributed by atoms with Gasteiger partial charge in [0.15, 0.2) is 23.2 Å². The molecule has 0 bridgehead atoms. The highest BCUT2D eigenvalue weighted by molar-refractivity contribution is 6.31. The van der Waals surface area contributed by atoms with Crippen molar-refractivity contribution in [2.45, 2.75) is 19.0 Å². The van der Waals surface area contributed by atoms with Crippen LogP contribution in [0, 0.1) is 23.3 Å². The average Bonchev–Trinajstić information content (AvgIpc) is 2.84. The van der Waals surface area contributed by atoms with Gasteiger partial charge >= 0.3 is 5.97 Å². The summed E-state index contributed by atoms with van der Waals surface area (Å²) in [5.74, 6) is -11.6. The summed E-state index contributed by atoms with van der Waals surface area (Å²) in [5, 5.41) is 3.33. The quantitative estimate of drug-likeness (QED) is 0.260. The van der Waals surface area contributed by atoms with E-state index in [2.05, 4.69) is 14.8 Å². The Labute approximate surface area is 205 Å². The van der Waals surface area contributed by atoms with Crippen molar-refractivity contribution in [3.63, 3.8) is 0 Å². The number of carbonyl (C=O) groups excluding carboxylic acids is 3. The van der Waals surface area contributed by atoms with Crippen molar-refractivity contribution >= 4 is 40.0 Å². The second-order valence-electron chi connectivity index (χ2n) is 7.43.